The summed E-state index contributed by atoms with van der Waals surface area (Å²) in [5.74, 6) is 0.786. The van der Waals surface area contributed by atoms with Crippen LogP contribution in [0.15, 0.2) is 18.2 Å². The molecule has 4 heteroatoms. The average molecular weight is 278 g/mol. The molecule has 1 fully saturated rings. The first-order valence-corrected chi connectivity index (χ1v) is 7.67. The van der Waals surface area contributed by atoms with E-state index < -0.39 is 0 Å². The molecule has 2 rings (SSSR count). The second kappa shape index (κ2) is 8.12. The number of hydrogen-bond donors (Lipinski definition) is 2. The molecular weight excluding hydrogens is 252 g/mol. The van der Waals surface area contributed by atoms with Crippen molar-refractivity contribution in [3.8, 4) is 11.5 Å². The van der Waals surface area contributed by atoms with Crippen LogP contribution in [0.1, 0.15) is 31.7 Å². The number of nitrogens with one attached hydrogen (secondary N) is 1. The second-order valence-electron chi connectivity index (χ2n) is 5.31. The van der Waals surface area contributed by atoms with Gasteiger partial charge < -0.3 is 20.1 Å². The predicted molar refractivity (Wildman–Crippen MR) is 81.3 cm³/mol. The SMILES string of the molecule is CCOc1cc(CNCCCN2CCCC2)ccc1O. The predicted octanol–water partition coefficient (Wildman–Crippen LogP) is 2.37. The molecule has 0 radical (unpaired) electrons. The van der Waals surface area contributed by atoms with Crippen molar-refractivity contribution in [2.45, 2.75) is 32.7 Å². The first-order chi connectivity index (χ1) is 9.79. The van der Waals surface area contributed by atoms with Crippen LogP contribution in [-0.4, -0.2) is 42.8 Å². The van der Waals surface area contributed by atoms with E-state index in [2.05, 4.69) is 10.2 Å². The Kier molecular flexibility index (Phi) is 6.15. The maximum absolute atomic E-state index is 9.65. The van der Waals surface area contributed by atoms with Gasteiger partial charge in [0.2, 0.25) is 0 Å². The molecule has 0 aromatic heterocycles. The minimum atomic E-state index is 0.213. The molecular formula is C16H26N2O2. The number of hydrogen-bond acceptors (Lipinski definition) is 4. The van der Waals surface area contributed by atoms with Gasteiger partial charge in [-0.15, -0.1) is 0 Å². The van der Waals surface area contributed by atoms with Crippen molar-refractivity contribution in [3.63, 3.8) is 0 Å². The van der Waals surface area contributed by atoms with Gasteiger partial charge in [0.1, 0.15) is 0 Å². The maximum atomic E-state index is 9.65. The van der Waals surface area contributed by atoms with Crippen molar-refractivity contribution in [2.24, 2.45) is 0 Å². The van der Waals surface area contributed by atoms with E-state index in [0.29, 0.717) is 12.4 Å². The minimum Gasteiger partial charge on any atom is -0.504 e. The zero-order valence-electron chi connectivity index (χ0n) is 12.4. The zero-order valence-corrected chi connectivity index (χ0v) is 12.4. The number of aromatic hydroxyl groups is 1. The van der Waals surface area contributed by atoms with Gasteiger partial charge in [-0.2, -0.15) is 0 Å². The fourth-order valence-electron chi connectivity index (χ4n) is 2.61. The minimum absolute atomic E-state index is 0.213. The standard InChI is InChI=1S/C16H26N2O2/c1-2-20-16-12-14(6-7-15(16)19)13-17-8-5-11-18-9-3-4-10-18/h6-7,12,17,19H,2-5,8-11,13H2,1H3. The van der Waals surface area contributed by atoms with Crippen LogP contribution in [0.5, 0.6) is 11.5 Å². The highest BCUT2D eigenvalue weighted by Gasteiger charge is 2.10. The Morgan fingerprint density at radius 2 is 2.10 bits per heavy atom. The van der Waals surface area contributed by atoms with Gasteiger partial charge in [-0.25, -0.2) is 0 Å². The molecule has 0 bridgehead atoms. The van der Waals surface area contributed by atoms with Crippen LogP contribution in [0.2, 0.25) is 0 Å². The maximum Gasteiger partial charge on any atom is 0.161 e. The highest BCUT2D eigenvalue weighted by molar-refractivity contribution is 5.41. The first kappa shape index (κ1) is 15.1. The van der Waals surface area contributed by atoms with Gasteiger partial charge in [0.15, 0.2) is 11.5 Å². The van der Waals surface area contributed by atoms with Crippen LogP contribution < -0.4 is 10.1 Å². The van der Waals surface area contributed by atoms with Gasteiger partial charge in [0, 0.05) is 6.54 Å². The summed E-state index contributed by atoms with van der Waals surface area (Å²) in [7, 11) is 0. The topological polar surface area (TPSA) is 44.7 Å². The van der Waals surface area contributed by atoms with Crippen molar-refractivity contribution >= 4 is 0 Å². The highest BCUT2D eigenvalue weighted by atomic mass is 16.5. The summed E-state index contributed by atoms with van der Waals surface area (Å²) in [5.41, 5.74) is 1.15. The van der Waals surface area contributed by atoms with Gasteiger partial charge in [-0.1, -0.05) is 6.07 Å². The molecule has 1 aromatic rings. The van der Waals surface area contributed by atoms with E-state index in [0.717, 1.165) is 18.7 Å². The normalized spacial score (nSPS) is 15.7. The van der Waals surface area contributed by atoms with Crippen molar-refractivity contribution in [1.82, 2.24) is 10.2 Å². The lowest BCUT2D eigenvalue weighted by Gasteiger charge is -2.14. The van der Waals surface area contributed by atoms with Gasteiger partial charge >= 0.3 is 0 Å². The largest absolute Gasteiger partial charge is 0.504 e. The Morgan fingerprint density at radius 3 is 2.85 bits per heavy atom. The number of benzene rings is 1. The molecule has 2 N–H and O–H groups in total. The van der Waals surface area contributed by atoms with E-state index in [1.165, 1.54) is 38.9 Å². The molecule has 0 amide bonds. The lowest BCUT2D eigenvalue weighted by atomic mass is 10.2. The van der Waals surface area contributed by atoms with Gasteiger partial charge in [-0.05, 0) is 70.1 Å². The summed E-state index contributed by atoms with van der Waals surface area (Å²) in [5, 5.41) is 13.1. The third kappa shape index (κ3) is 4.69. The summed E-state index contributed by atoms with van der Waals surface area (Å²) >= 11 is 0. The lowest BCUT2D eigenvalue weighted by molar-refractivity contribution is 0.317. The van der Waals surface area contributed by atoms with Gasteiger partial charge in [0.05, 0.1) is 6.61 Å². The molecule has 20 heavy (non-hydrogen) atoms. The summed E-state index contributed by atoms with van der Waals surface area (Å²) < 4.78 is 5.39. The van der Waals surface area contributed by atoms with E-state index >= 15 is 0 Å². The third-order valence-corrected chi connectivity index (χ3v) is 3.68. The number of likely N-dealkylation sites (tertiary alicyclic amines) is 1. The summed E-state index contributed by atoms with van der Waals surface area (Å²) in [6.07, 6.45) is 3.92. The summed E-state index contributed by atoms with van der Waals surface area (Å²) in [4.78, 5) is 2.54. The number of phenols is 1. The number of ether oxygens (including phenoxy) is 1. The van der Waals surface area contributed by atoms with Crippen molar-refractivity contribution in [3.05, 3.63) is 23.8 Å². The number of nitrogens with zero attached hydrogens (tertiary/aromatic N) is 1. The Labute approximate surface area is 121 Å². The summed E-state index contributed by atoms with van der Waals surface area (Å²) in [6.45, 7) is 8.09. The number of rotatable bonds is 8. The molecule has 0 saturated carbocycles. The zero-order chi connectivity index (χ0) is 14.2. The summed E-state index contributed by atoms with van der Waals surface area (Å²) in [6, 6.07) is 5.55. The van der Waals surface area contributed by atoms with Crippen LogP contribution in [0.25, 0.3) is 0 Å². The molecule has 1 aliphatic rings. The molecule has 0 spiro atoms. The van der Waals surface area contributed by atoms with Gasteiger partial charge in [0.25, 0.3) is 0 Å². The molecule has 1 aromatic carbocycles. The van der Waals surface area contributed by atoms with Gasteiger partial charge in [-0.3, -0.25) is 0 Å². The van der Waals surface area contributed by atoms with Crippen LogP contribution in [-0.2, 0) is 6.54 Å². The third-order valence-electron chi connectivity index (χ3n) is 3.68. The lowest BCUT2D eigenvalue weighted by Crippen LogP contribution is -2.24. The highest BCUT2D eigenvalue weighted by Crippen LogP contribution is 2.26. The Morgan fingerprint density at radius 1 is 1.30 bits per heavy atom. The Balaban J connectivity index is 1.66. The Hall–Kier alpha value is -1.26. The van der Waals surface area contributed by atoms with E-state index in [-0.39, 0.29) is 5.75 Å². The smallest absolute Gasteiger partial charge is 0.161 e. The van der Waals surface area contributed by atoms with Crippen molar-refractivity contribution in [2.75, 3.05) is 32.8 Å². The molecule has 0 atom stereocenters. The molecule has 112 valence electrons. The fourth-order valence-corrected chi connectivity index (χ4v) is 2.61. The quantitative estimate of drug-likeness (QED) is 0.717. The van der Waals surface area contributed by atoms with E-state index in [1.54, 1.807) is 6.07 Å². The monoisotopic (exact) mass is 278 g/mol. The Bertz CT molecular complexity index is 403. The average Bonchev–Trinajstić information content (AvgIpc) is 2.95. The van der Waals surface area contributed by atoms with Crippen LogP contribution in [0, 0.1) is 0 Å². The molecule has 1 heterocycles. The van der Waals surface area contributed by atoms with E-state index in [9.17, 15) is 5.11 Å². The van der Waals surface area contributed by atoms with E-state index in [4.69, 9.17) is 4.74 Å². The van der Waals surface area contributed by atoms with Crippen LogP contribution >= 0.6 is 0 Å². The molecule has 1 aliphatic heterocycles. The van der Waals surface area contributed by atoms with Crippen LogP contribution in [0.4, 0.5) is 0 Å². The van der Waals surface area contributed by atoms with Crippen LogP contribution in [0.3, 0.4) is 0 Å². The molecule has 0 aliphatic carbocycles. The molecule has 0 unspecified atom stereocenters. The fraction of sp³-hybridized carbons (Fsp3) is 0.625. The number of phenolic OH excluding ortho intramolecular Hbond substituents is 1. The first-order valence-electron chi connectivity index (χ1n) is 7.67. The second-order valence-corrected chi connectivity index (χ2v) is 5.31. The molecule has 4 nitrogen and oxygen atoms in total. The molecule has 1 saturated heterocycles. The van der Waals surface area contributed by atoms with E-state index in [1.807, 2.05) is 19.1 Å². The van der Waals surface area contributed by atoms with Crippen molar-refractivity contribution in [1.29, 1.82) is 0 Å². The van der Waals surface area contributed by atoms with Crippen molar-refractivity contribution < 1.29 is 9.84 Å².